The van der Waals surface area contributed by atoms with E-state index in [1.807, 2.05) is 48.2 Å². The second-order valence-corrected chi connectivity index (χ2v) is 11.7. The number of hydrogen-bond acceptors (Lipinski definition) is 8. The number of piperidine rings is 1. The van der Waals surface area contributed by atoms with Crippen LogP contribution in [0, 0.1) is 5.92 Å². The number of halogens is 1. The predicted octanol–water partition coefficient (Wildman–Crippen LogP) is 5.16. The topological polar surface area (TPSA) is 78.9 Å². The second-order valence-electron chi connectivity index (χ2n) is 10.4. The molecular weight excluding hydrogens is 558 g/mol. The molecule has 1 amide bonds. The summed E-state index contributed by atoms with van der Waals surface area (Å²) in [7, 11) is 0. The van der Waals surface area contributed by atoms with Crippen molar-refractivity contribution in [2.75, 3.05) is 50.8 Å². The third kappa shape index (κ3) is 7.99. The first-order chi connectivity index (χ1) is 20.0. The minimum absolute atomic E-state index is 0.00754. The predicted molar refractivity (Wildman–Crippen MR) is 162 cm³/mol. The molecule has 0 N–H and O–H groups in total. The molecule has 0 atom stereocenters. The number of anilines is 1. The standard InChI is InChI=1S/C31H36ClN5O3S/c1-2-40-30(39)25-11-13-37(14-12-25)29(38)26-10-6-9-24(19-26)22-41-31-33-27(32)20-28(34-31)36-17-15-35(16-18-36)21-23-7-4-3-5-8-23/h3-10,19-20,25H,2,11-18,21-22H2,1H3. The maximum Gasteiger partial charge on any atom is 0.309 e. The summed E-state index contributed by atoms with van der Waals surface area (Å²) in [5, 5.41) is 1.05. The minimum atomic E-state index is -0.157. The number of benzene rings is 2. The van der Waals surface area contributed by atoms with E-state index in [0.29, 0.717) is 54.2 Å². The highest BCUT2D eigenvalue weighted by Crippen LogP contribution is 2.27. The molecule has 1 aromatic heterocycles. The number of rotatable bonds is 9. The lowest BCUT2D eigenvalue weighted by molar-refractivity contribution is -0.149. The lowest BCUT2D eigenvalue weighted by Gasteiger charge is -2.35. The number of ether oxygens (including phenoxy) is 1. The van der Waals surface area contributed by atoms with E-state index in [4.69, 9.17) is 21.3 Å². The Kier molecular flexibility index (Phi) is 10.1. The Labute approximate surface area is 251 Å². The number of amides is 1. The van der Waals surface area contributed by atoms with E-state index in [9.17, 15) is 9.59 Å². The fourth-order valence-electron chi connectivity index (χ4n) is 5.29. The number of carbonyl (C=O) groups is 2. The molecule has 2 aliphatic heterocycles. The molecule has 0 spiro atoms. The van der Waals surface area contributed by atoms with Gasteiger partial charge in [0.2, 0.25) is 0 Å². The molecule has 2 saturated heterocycles. The Morgan fingerprint density at radius 3 is 2.39 bits per heavy atom. The van der Waals surface area contributed by atoms with Crippen LogP contribution in [0.15, 0.2) is 65.8 Å². The molecule has 3 aromatic rings. The number of nitrogens with zero attached hydrogens (tertiary/aromatic N) is 5. The van der Waals surface area contributed by atoms with Gasteiger partial charge >= 0.3 is 5.97 Å². The van der Waals surface area contributed by atoms with Gasteiger partial charge in [-0.15, -0.1) is 0 Å². The molecule has 2 aliphatic rings. The zero-order valence-corrected chi connectivity index (χ0v) is 24.9. The molecule has 5 rings (SSSR count). The minimum Gasteiger partial charge on any atom is -0.466 e. The highest BCUT2D eigenvalue weighted by molar-refractivity contribution is 7.98. The van der Waals surface area contributed by atoms with Crippen LogP contribution >= 0.6 is 23.4 Å². The lowest BCUT2D eigenvalue weighted by Crippen LogP contribution is -2.46. The zero-order valence-electron chi connectivity index (χ0n) is 23.4. The molecule has 8 nitrogen and oxygen atoms in total. The monoisotopic (exact) mass is 593 g/mol. The van der Waals surface area contributed by atoms with Crippen molar-refractivity contribution < 1.29 is 14.3 Å². The molecule has 3 heterocycles. The van der Waals surface area contributed by atoms with Crippen LogP contribution in [0.4, 0.5) is 5.82 Å². The normalized spacial score (nSPS) is 16.5. The van der Waals surface area contributed by atoms with Gasteiger partial charge in [-0.1, -0.05) is 65.8 Å². The van der Waals surface area contributed by atoms with Crippen LogP contribution in [0.5, 0.6) is 0 Å². The average molecular weight is 594 g/mol. The van der Waals surface area contributed by atoms with Crippen molar-refractivity contribution in [3.63, 3.8) is 0 Å². The molecule has 10 heteroatoms. The van der Waals surface area contributed by atoms with Crippen LogP contribution in [0.1, 0.15) is 41.3 Å². The van der Waals surface area contributed by atoms with Crippen LogP contribution < -0.4 is 4.90 Å². The van der Waals surface area contributed by atoms with Crippen molar-refractivity contribution in [1.29, 1.82) is 0 Å². The number of hydrogen-bond donors (Lipinski definition) is 0. The van der Waals surface area contributed by atoms with Gasteiger partial charge in [0.05, 0.1) is 12.5 Å². The molecular formula is C31H36ClN5O3S. The van der Waals surface area contributed by atoms with E-state index in [1.54, 1.807) is 0 Å². The zero-order chi connectivity index (χ0) is 28.6. The van der Waals surface area contributed by atoms with Crippen molar-refractivity contribution in [1.82, 2.24) is 19.8 Å². The van der Waals surface area contributed by atoms with Crippen molar-refractivity contribution >= 4 is 41.1 Å². The largest absolute Gasteiger partial charge is 0.466 e. The van der Waals surface area contributed by atoms with E-state index in [0.717, 1.165) is 44.1 Å². The van der Waals surface area contributed by atoms with E-state index >= 15 is 0 Å². The summed E-state index contributed by atoms with van der Waals surface area (Å²) in [5.41, 5.74) is 3.00. The maximum atomic E-state index is 13.2. The fourth-order valence-corrected chi connectivity index (χ4v) is 6.32. The number of thioether (sulfide) groups is 1. The molecule has 41 heavy (non-hydrogen) atoms. The Morgan fingerprint density at radius 2 is 1.66 bits per heavy atom. The first-order valence-electron chi connectivity index (χ1n) is 14.2. The maximum absolute atomic E-state index is 13.2. The summed E-state index contributed by atoms with van der Waals surface area (Å²) < 4.78 is 5.15. The highest BCUT2D eigenvalue weighted by atomic mass is 35.5. The molecule has 0 saturated carbocycles. The number of piperazine rings is 1. The molecule has 2 aromatic carbocycles. The summed E-state index contributed by atoms with van der Waals surface area (Å²) >= 11 is 7.92. The van der Waals surface area contributed by atoms with E-state index in [2.05, 4.69) is 39.0 Å². The average Bonchev–Trinajstić information content (AvgIpc) is 3.01. The molecule has 0 aliphatic carbocycles. The fraction of sp³-hybridized carbons (Fsp3) is 0.419. The summed E-state index contributed by atoms with van der Waals surface area (Å²) in [5.74, 6) is 1.18. The van der Waals surface area contributed by atoms with Crippen molar-refractivity contribution in [2.45, 2.75) is 37.2 Å². The Balaban J connectivity index is 1.14. The number of likely N-dealkylation sites (tertiary alicyclic amines) is 1. The van der Waals surface area contributed by atoms with Gasteiger partial charge in [0.15, 0.2) is 5.16 Å². The molecule has 0 bridgehead atoms. The SMILES string of the molecule is CCOC(=O)C1CCN(C(=O)c2cccc(CSc3nc(Cl)cc(N4CCN(Cc5ccccc5)CC4)n3)c2)CC1. The van der Waals surface area contributed by atoms with Gasteiger partial charge in [0.25, 0.3) is 5.91 Å². The van der Waals surface area contributed by atoms with Gasteiger partial charge in [0, 0.05) is 63.2 Å². The summed E-state index contributed by atoms with van der Waals surface area (Å²) in [4.78, 5) is 41.0. The van der Waals surface area contributed by atoms with Crippen molar-refractivity contribution in [3.8, 4) is 0 Å². The van der Waals surface area contributed by atoms with E-state index in [-0.39, 0.29) is 17.8 Å². The third-order valence-corrected chi connectivity index (χ3v) is 8.66. The van der Waals surface area contributed by atoms with Gasteiger partial charge in [-0.3, -0.25) is 14.5 Å². The molecule has 0 unspecified atom stereocenters. The number of aromatic nitrogens is 2. The van der Waals surface area contributed by atoms with Gasteiger partial charge in [-0.25, -0.2) is 9.97 Å². The first-order valence-corrected chi connectivity index (χ1v) is 15.6. The van der Waals surface area contributed by atoms with Crippen molar-refractivity contribution in [3.05, 3.63) is 82.5 Å². The summed E-state index contributed by atoms with van der Waals surface area (Å²) in [6, 6.07) is 20.1. The third-order valence-electron chi connectivity index (χ3n) is 7.55. The Morgan fingerprint density at radius 1 is 0.927 bits per heavy atom. The van der Waals surface area contributed by atoms with Crippen molar-refractivity contribution in [2.24, 2.45) is 5.92 Å². The number of esters is 1. The first kappa shape index (κ1) is 29.4. The van der Waals surface area contributed by atoms with Gasteiger partial charge in [0.1, 0.15) is 11.0 Å². The van der Waals surface area contributed by atoms with Crippen LogP contribution in [0.3, 0.4) is 0 Å². The van der Waals surface area contributed by atoms with E-state index < -0.39 is 0 Å². The Hall–Kier alpha value is -3.14. The summed E-state index contributed by atoms with van der Waals surface area (Å²) in [6.45, 7) is 7.94. The van der Waals surface area contributed by atoms with Gasteiger partial charge < -0.3 is 14.5 Å². The molecule has 0 radical (unpaired) electrons. The lowest BCUT2D eigenvalue weighted by atomic mass is 9.96. The van der Waals surface area contributed by atoms with Crippen LogP contribution in [-0.4, -0.2) is 77.5 Å². The van der Waals surface area contributed by atoms with Crippen LogP contribution in [-0.2, 0) is 21.8 Å². The Bertz CT molecular complexity index is 1330. The van der Waals surface area contributed by atoms with E-state index in [1.165, 1.54) is 17.3 Å². The van der Waals surface area contributed by atoms with Crippen LogP contribution in [0.25, 0.3) is 0 Å². The summed E-state index contributed by atoms with van der Waals surface area (Å²) in [6.07, 6.45) is 1.27. The van der Waals surface area contributed by atoms with Crippen LogP contribution in [0.2, 0.25) is 5.15 Å². The molecule has 216 valence electrons. The highest BCUT2D eigenvalue weighted by Gasteiger charge is 2.28. The van der Waals surface area contributed by atoms with Gasteiger partial charge in [-0.2, -0.15) is 0 Å². The van der Waals surface area contributed by atoms with Gasteiger partial charge in [-0.05, 0) is 43.0 Å². The molecule has 2 fully saturated rings. The second kappa shape index (κ2) is 14.2. The smallest absolute Gasteiger partial charge is 0.309 e. The number of carbonyl (C=O) groups excluding carboxylic acids is 2. The quantitative estimate of drug-likeness (QED) is 0.146.